The zero-order chi connectivity index (χ0) is 10.4. The van der Waals surface area contributed by atoms with Gasteiger partial charge in [-0.05, 0) is 24.7 Å². The quantitative estimate of drug-likeness (QED) is 0.611. The van der Waals surface area contributed by atoms with Gasteiger partial charge in [0.05, 0.1) is 0 Å². The Hall–Kier alpha value is -0.330. The van der Waals surface area contributed by atoms with Crippen LogP contribution in [0.2, 0.25) is 0 Å². The summed E-state index contributed by atoms with van der Waals surface area (Å²) in [5.41, 5.74) is 0. The van der Waals surface area contributed by atoms with E-state index in [9.17, 15) is 4.79 Å². The van der Waals surface area contributed by atoms with Crippen LogP contribution in [0.15, 0.2) is 0 Å². The van der Waals surface area contributed by atoms with Crippen LogP contribution in [0, 0.1) is 17.8 Å². The first-order valence-corrected chi connectivity index (χ1v) is 6.17. The van der Waals surface area contributed by atoms with Crippen molar-refractivity contribution >= 4 is 6.29 Å². The fourth-order valence-electron chi connectivity index (χ4n) is 2.78. The highest BCUT2D eigenvalue weighted by molar-refractivity contribution is 5.52. The van der Waals surface area contributed by atoms with E-state index in [4.69, 9.17) is 0 Å². The molecule has 0 heterocycles. The van der Waals surface area contributed by atoms with Crippen LogP contribution in [-0.2, 0) is 4.79 Å². The van der Waals surface area contributed by atoms with Gasteiger partial charge in [-0.25, -0.2) is 0 Å². The standard InChI is InChI=1S/C13H24O/c1-11(8-12(2)10-14)9-13-6-4-3-5-7-13/h10-13H,3-9H2,1-2H3. The van der Waals surface area contributed by atoms with Gasteiger partial charge >= 0.3 is 0 Å². The van der Waals surface area contributed by atoms with E-state index in [0.717, 1.165) is 24.5 Å². The van der Waals surface area contributed by atoms with E-state index in [0.29, 0.717) is 0 Å². The third kappa shape index (κ3) is 4.26. The molecule has 2 unspecified atom stereocenters. The van der Waals surface area contributed by atoms with E-state index in [1.807, 2.05) is 6.92 Å². The molecule has 0 aromatic heterocycles. The summed E-state index contributed by atoms with van der Waals surface area (Å²) in [5.74, 6) is 1.95. The number of hydrogen-bond acceptors (Lipinski definition) is 1. The average molecular weight is 196 g/mol. The second-order valence-electron chi connectivity index (χ2n) is 5.19. The molecule has 0 spiro atoms. The van der Waals surface area contributed by atoms with E-state index >= 15 is 0 Å². The SMILES string of the molecule is CC(C=O)CC(C)CC1CCCCC1. The van der Waals surface area contributed by atoms with Crippen molar-refractivity contribution in [2.45, 2.75) is 58.8 Å². The van der Waals surface area contributed by atoms with Crippen molar-refractivity contribution in [3.05, 3.63) is 0 Å². The Morgan fingerprint density at radius 3 is 2.43 bits per heavy atom. The number of rotatable bonds is 5. The Morgan fingerprint density at radius 2 is 1.86 bits per heavy atom. The summed E-state index contributed by atoms with van der Waals surface area (Å²) in [5, 5.41) is 0. The van der Waals surface area contributed by atoms with Crippen molar-refractivity contribution in [3.63, 3.8) is 0 Å². The van der Waals surface area contributed by atoms with Gasteiger partial charge in [-0.1, -0.05) is 46.0 Å². The molecule has 82 valence electrons. The molecule has 1 fully saturated rings. The Bertz CT molecular complexity index is 159. The maximum absolute atomic E-state index is 10.5. The molecule has 1 aliphatic rings. The first-order chi connectivity index (χ1) is 6.72. The monoisotopic (exact) mass is 196 g/mol. The first kappa shape index (κ1) is 11.7. The maximum atomic E-state index is 10.5. The molecule has 2 atom stereocenters. The third-order valence-electron chi connectivity index (χ3n) is 3.47. The van der Waals surface area contributed by atoms with Crippen LogP contribution in [0.1, 0.15) is 58.8 Å². The Morgan fingerprint density at radius 1 is 1.21 bits per heavy atom. The van der Waals surface area contributed by atoms with E-state index in [1.54, 1.807) is 0 Å². The second kappa shape index (κ2) is 6.21. The number of carbonyl (C=O) groups is 1. The van der Waals surface area contributed by atoms with E-state index in [2.05, 4.69) is 6.92 Å². The van der Waals surface area contributed by atoms with Gasteiger partial charge in [-0.3, -0.25) is 0 Å². The minimum atomic E-state index is 0.258. The first-order valence-electron chi connectivity index (χ1n) is 6.17. The fourth-order valence-corrected chi connectivity index (χ4v) is 2.78. The zero-order valence-corrected chi connectivity index (χ0v) is 9.67. The van der Waals surface area contributed by atoms with E-state index in [-0.39, 0.29) is 5.92 Å². The summed E-state index contributed by atoms with van der Waals surface area (Å²) in [4.78, 5) is 10.5. The molecule has 1 rings (SSSR count). The molecule has 0 amide bonds. The molecular weight excluding hydrogens is 172 g/mol. The Kier molecular flexibility index (Phi) is 5.21. The molecule has 0 aliphatic heterocycles. The summed E-state index contributed by atoms with van der Waals surface area (Å²) in [6.07, 6.45) is 10.7. The molecule has 1 nitrogen and oxygen atoms in total. The molecule has 14 heavy (non-hydrogen) atoms. The van der Waals surface area contributed by atoms with Crippen molar-refractivity contribution in [2.24, 2.45) is 17.8 Å². The van der Waals surface area contributed by atoms with Crippen molar-refractivity contribution in [1.29, 1.82) is 0 Å². The van der Waals surface area contributed by atoms with Gasteiger partial charge in [0.1, 0.15) is 6.29 Å². The fraction of sp³-hybridized carbons (Fsp3) is 0.923. The van der Waals surface area contributed by atoms with Gasteiger partial charge in [0.2, 0.25) is 0 Å². The Labute approximate surface area is 88.3 Å². The summed E-state index contributed by atoms with van der Waals surface area (Å²) in [6.45, 7) is 4.33. The molecule has 0 aromatic carbocycles. The molecule has 0 N–H and O–H groups in total. The van der Waals surface area contributed by atoms with Gasteiger partial charge in [-0.15, -0.1) is 0 Å². The normalized spacial score (nSPS) is 23.0. The molecule has 1 aliphatic carbocycles. The second-order valence-corrected chi connectivity index (χ2v) is 5.19. The summed E-state index contributed by atoms with van der Waals surface area (Å²) < 4.78 is 0. The summed E-state index contributed by atoms with van der Waals surface area (Å²) in [7, 11) is 0. The van der Waals surface area contributed by atoms with E-state index < -0.39 is 0 Å². The Balaban J connectivity index is 2.17. The average Bonchev–Trinajstić information content (AvgIpc) is 2.19. The lowest BCUT2D eigenvalue weighted by Gasteiger charge is -2.25. The van der Waals surface area contributed by atoms with Crippen LogP contribution >= 0.6 is 0 Å². The van der Waals surface area contributed by atoms with Crippen molar-refractivity contribution in [3.8, 4) is 0 Å². The topological polar surface area (TPSA) is 17.1 Å². The van der Waals surface area contributed by atoms with Crippen LogP contribution in [0.3, 0.4) is 0 Å². The minimum absolute atomic E-state index is 0.258. The van der Waals surface area contributed by atoms with Gasteiger partial charge in [0, 0.05) is 5.92 Å². The summed E-state index contributed by atoms with van der Waals surface area (Å²) in [6, 6.07) is 0. The van der Waals surface area contributed by atoms with Crippen molar-refractivity contribution in [1.82, 2.24) is 0 Å². The predicted molar refractivity (Wildman–Crippen MR) is 60.2 cm³/mol. The largest absolute Gasteiger partial charge is 0.303 e. The van der Waals surface area contributed by atoms with Crippen LogP contribution in [0.25, 0.3) is 0 Å². The molecule has 0 bridgehead atoms. The maximum Gasteiger partial charge on any atom is 0.122 e. The van der Waals surface area contributed by atoms with Crippen molar-refractivity contribution in [2.75, 3.05) is 0 Å². The lowest BCUT2D eigenvalue weighted by molar-refractivity contribution is -0.111. The van der Waals surface area contributed by atoms with Gasteiger partial charge in [0.25, 0.3) is 0 Å². The summed E-state index contributed by atoms with van der Waals surface area (Å²) >= 11 is 0. The van der Waals surface area contributed by atoms with Crippen LogP contribution in [0.4, 0.5) is 0 Å². The highest BCUT2D eigenvalue weighted by atomic mass is 16.1. The lowest BCUT2D eigenvalue weighted by atomic mass is 9.81. The molecule has 1 saturated carbocycles. The zero-order valence-electron chi connectivity index (χ0n) is 9.67. The molecule has 0 saturated heterocycles. The number of carbonyl (C=O) groups excluding carboxylic acids is 1. The molecular formula is C13H24O. The van der Waals surface area contributed by atoms with Gasteiger partial charge in [-0.2, -0.15) is 0 Å². The lowest BCUT2D eigenvalue weighted by Crippen LogP contribution is -2.12. The van der Waals surface area contributed by atoms with Crippen LogP contribution < -0.4 is 0 Å². The minimum Gasteiger partial charge on any atom is -0.303 e. The highest BCUT2D eigenvalue weighted by Gasteiger charge is 2.17. The molecule has 0 aromatic rings. The van der Waals surface area contributed by atoms with Gasteiger partial charge < -0.3 is 4.79 Å². The number of aldehydes is 1. The number of hydrogen-bond donors (Lipinski definition) is 0. The highest BCUT2D eigenvalue weighted by Crippen LogP contribution is 2.30. The predicted octanol–water partition coefficient (Wildman–Crippen LogP) is 3.82. The molecule has 1 heteroatoms. The molecule has 0 radical (unpaired) electrons. The smallest absolute Gasteiger partial charge is 0.122 e. The third-order valence-corrected chi connectivity index (χ3v) is 3.47. The van der Waals surface area contributed by atoms with E-state index in [1.165, 1.54) is 38.5 Å². The van der Waals surface area contributed by atoms with Crippen molar-refractivity contribution < 1.29 is 4.79 Å². The van der Waals surface area contributed by atoms with Gasteiger partial charge in [0.15, 0.2) is 0 Å². The van der Waals surface area contributed by atoms with Crippen LogP contribution in [-0.4, -0.2) is 6.29 Å². The van der Waals surface area contributed by atoms with Crippen LogP contribution in [0.5, 0.6) is 0 Å².